The molecule has 1 aliphatic rings. The second-order valence-corrected chi connectivity index (χ2v) is 4.47. The minimum Gasteiger partial charge on any atom is -0.478 e. The van der Waals surface area contributed by atoms with E-state index in [1.807, 2.05) is 0 Å². The molecule has 0 saturated heterocycles. The van der Waals surface area contributed by atoms with Crippen molar-refractivity contribution >= 4 is 11.9 Å². The second kappa shape index (κ2) is 6.58. The van der Waals surface area contributed by atoms with Crippen molar-refractivity contribution in [3.8, 4) is 0 Å². The maximum Gasteiger partial charge on any atom is 0.425 e. The smallest absolute Gasteiger partial charge is 0.425 e. The van der Waals surface area contributed by atoms with Gasteiger partial charge in [0.05, 0.1) is 0 Å². The summed E-state index contributed by atoms with van der Waals surface area (Å²) in [5.74, 6) is -3.44. The summed E-state index contributed by atoms with van der Waals surface area (Å²) in [5.41, 5.74) is 0. The van der Waals surface area contributed by atoms with Crippen LogP contribution in [0.4, 0.5) is 13.2 Å². The third-order valence-corrected chi connectivity index (χ3v) is 3.01. The summed E-state index contributed by atoms with van der Waals surface area (Å²) >= 11 is 0. The standard InChI is InChI=1S/C12H15F3O4/c13-12(14,15)11(8-4-2-1-3-5-8)19-10(18)7-6-9(16)17/h6-8,11H,1-5H2,(H,16,17)/b7-6+. The van der Waals surface area contributed by atoms with Crippen molar-refractivity contribution in [1.29, 1.82) is 0 Å². The van der Waals surface area contributed by atoms with Gasteiger partial charge in [-0.3, -0.25) is 0 Å². The number of hydrogen-bond acceptors (Lipinski definition) is 3. The molecule has 0 amide bonds. The lowest BCUT2D eigenvalue weighted by Gasteiger charge is -2.30. The molecular weight excluding hydrogens is 265 g/mol. The summed E-state index contributed by atoms with van der Waals surface area (Å²) in [4.78, 5) is 21.3. The van der Waals surface area contributed by atoms with Gasteiger partial charge in [-0.05, 0) is 12.8 Å². The maximum absolute atomic E-state index is 12.8. The number of carbonyl (C=O) groups is 2. The molecule has 4 nitrogen and oxygen atoms in total. The molecule has 0 aromatic rings. The highest BCUT2D eigenvalue weighted by molar-refractivity contribution is 5.90. The Bertz CT molecular complexity index is 356. The fourth-order valence-corrected chi connectivity index (χ4v) is 2.17. The lowest BCUT2D eigenvalue weighted by atomic mass is 9.85. The number of carboxylic acids is 1. The van der Waals surface area contributed by atoms with Gasteiger partial charge in [0.15, 0.2) is 6.10 Å². The van der Waals surface area contributed by atoms with Crippen molar-refractivity contribution in [1.82, 2.24) is 0 Å². The monoisotopic (exact) mass is 280 g/mol. The van der Waals surface area contributed by atoms with Crippen LogP contribution < -0.4 is 0 Å². The van der Waals surface area contributed by atoms with Gasteiger partial charge in [0, 0.05) is 18.1 Å². The molecule has 1 unspecified atom stereocenters. The van der Waals surface area contributed by atoms with Crippen LogP contribution in [-0.2, 0) is 14.3 Å². The minimum atomic E-state index is -4.63. The highest BCUT2D eigenvalue weighted by atomic mass is 19.4. The van der Waals surface area contributed by atoms with Crippen molar-refractivity contribution in [2.24, 2.45) is 5.92 Å². The lowest BCUT2D eigenvalue weighted by Crippen LogP contribution is -2.40. The van der Waals surface area contributed by atoms with Crippen LogP contribution >= 0.6 is 0 Å². The molecule has 1 rings (SSSR count). The highest BCUT2D eigenvalue weighted by Gasteiger charge is 2.47. The summed E-state index contributed by atoms with van der Waals surface area (Å²) in [6.07, 6.45) is -2.87. The van der Waals surface area contributed by atoms with Crippen LogP contribution in [0.15, 0.2) is 12.2 Å². The Labute approximate surface area is 108 Å². The summed E-state index contributed by atoms with van der Waals surface area (Å²) < 4.78 is 42.9. The van der Waals surface area contributed by atoms with E-state index < -0.39 is 30.1 Å². The number of aliphatic carboxylic acids is 1. The summed E-state index contributed by atoms with van der Waals surface area (Å²) in [5, 5.41) is 8.29. The van der Waals surface area contributed by atoms with Crippen molar-refractivity contribution in [3.63, 3.8) is 0 Å². The Morgan fingerprint density at radius 3 is 2.21 bits per heavy atom. The molecule has 0 aromatic heterocycles. The normalized spacial score (nSPS) is 19.3. The predicted molar refractivity (Wildman–Crippen MR) is 59.3 cm³/mol. The topological polar surface area (TPSA) is 63.6 Å². The number of rotatable bonds is 4. The Kier molecular flexibility index (Phi) is 5.38. The zero-order valence-electron chi connectivity index (χ0n) is 10.2. The van der Waals surface area contributed by atoms with Gasteiger partial charge in [0.2, 0.25) is 0 Å². The van der Waals surface area contributed by atoms with Gasteiger partial charge >= 0.3 is 18.1 Å². The Hall–Kier alpha value is -1.53. The number of halogens is 3. The van der Waals surface area contributed by atoms with Crippen molar-refractivity contribution in [2.75, 3.05) is 0 Å². The van der Waals surface area contributed by atoms with Crippen LogP contribution in [0.3, 0.4) is 0 Å². The Balaban J connectivity index is 2.69. The molecule has 0 spiro atoms. The maximum atomic E-state index is 12.8. The van der Waals surface area contributed by atoms with E-state index in [-0.39, 0.29) is 0 Å². The van der Waals surface area contributed by atoms with Crippen LogP contribution in [0.5, 0.6) is 0 Å². The van der Waals surface area contributed by atoms with Gasteiger partial charge in [0.1, 0.15) is 0 Å². The first-order chi connectivity index (χ1) is 8.80. The number of alkyl halides is 3. The van der Waals surface area contributed by atoms with E-state index in [9.17, 15) is 22.8 Å². The second-order valence-electron chi connectivity index (χ2n) is 4.47. The Morgan fingerprint density at radius 2 is 1.74 bits per heavy atom. The van der Waals surface area contributed by atoms with E-state index in [2.05, 4.69) is 4.74 Å². The summed E-state index contributed by atoms with van der Waals surface area (Å²) in [6.45, 7) is 0. The first kappa shape index (κ1) is 15.5. The number of carbonyl (C=O) groups excluding carboxylic acids is 1. The molecule has 1 atom stereocenters. The molecule has 0 aliphatic heterocycles. The van der Waals surface area contributed by atoms with E-state index in [1.165, 1.54) is 0 Å². The van der Waals surface area contributed by atoms with Gasteiger partial charge in [-0.25, -0.2) is 9.59 Å². The van der Waals surface area contributed by atoms with Crippen LogP contribution in [0.2, 0.25) is 0 Å². The van der Waals surface area contributed by atoms with Gasteiger partial charge < -0.3 is 9.84 Å². The molecule has 0 bridgehead atoms. The number of hydrogen-bond donors (Lipinski definition) is 1. The van der Waals surface area contributed by atoms with E-state index in [4.69, 9.17) is 5.11 Å². The van der Waals surface area contributed by atoms with Crippen LogP contribution in [-0.4, -0.2) is 29.3 Å². The molecule has 0 radical (unpaired) electrons. The molecule has 0 heterocycles. The van der Waals surface area contributed by atoms with E-state index in [1.54, 1.807) is 0 Å². The molecule has 0 aromatic carbocycles. The van der Waals surface area contributed by atoms with Crippen molar-refractivity contribution in [3.05, 3.63) is 12.2 Å². The molecule has 7 heteroatoms. The molecular formula is C12H15F3O4. The molecule has 1 saturated carbocycles. The minimum absolute atomic E-state index is 0.361. The molecule has 19 heavy (non-hydrogen) atoms. The summed E-state index contributed by atoms with van der Waals surface area (Å²) in [6, 6.07) is 0. The average molecular weight is 280 g/mol. The number of esters is 1. The SMILES string of the molecule is O=C(O)/C=C/C(=O)OC(C1CCCCC1)C(F)(F)F. The zero-order valence-corrected chi connectivity index (χ0v) is 10.2. The van der Waals surface area contributed by atoms with E-state index >= 15 is 0 Å². The van der Waals surface area contributed by atoms with Gasteiger partial charge in [-0.15, -0.1) is 0 Å². The third-order valence-electron chi connectivity index (χ3n) is 3.01. The predicted octanol–water partition coefficient (Wildman–Crippen LogP) is 2.68. The van der Waals surface area contributed by atoms with Crippen LogP contribution in [0.25, 0.3) is 0 Å². The molecule has 1 aliphatic carbocycles. The zero-order chi connectivity index (χ0) is 14.5. The molecule has 1 fully saturated rings. The average Bonchev–Trinajstić information content (AvgIpc) is 2.33. The van der Waals surface area contributed by atoms with Gasteiger partial charge in [-0.1, -0.05) is 19.3 Å². The number of ether oxygens (including phenoxy) is 1. The fourth-order valence-electron chi connectivity index (χ4n) is 2.17. The van der Waals surface area contributed by atoms with Crippen LogP contribution in [0, 0.1) is 5.92 Å². The lowest BCUT2D eigenvalue weighted by molar-refractivity contribution is -0.234. The highest BCUT2D eigenvalue weighted by Crippen LogP contribution is 2.36. The first-order valence-electron chi connectivity index (χ1n) is 5.99. The summed E-state index contributed by atoms with van der Waals surface area (Å²) in [7, 11) is 0. The fraction of sp³-hybridized carbons (Fsp3) is 0.667. The Morgan fingerprint density at radius 1 is 1.16 bits per heavy atom. The van der Waals surface area contributed by atoms with Crippen molar-refractivity contribution < 1.29 is 32.6 Å². The number of carboxylic acid groups (broad SMARTS) is 1. The largest absolute Gasteiger partial charge is 0.478 e. The van der Waals surface area contributed by atoms with E-state index in [0.29, 0.717) is 37.8 Å². The van der Waals surface area contributed by atoms with Crippen LogP contribution in [0.1, 0.15) is 32.1 Å². The quantitative estimate of drug-likeness (QED) is 0.635. The van der Waals surface area contributed by atoms with Crippen molar-refractivity contribution in [2.45, 2.75) is 44.4 Å². The third kappa shape index (κ3) is 5.32. The van der Waals surface area contributed by atoms with E-state index in [0.717, 1.165) is 6.42 Å². The van der Waals surface area contributed by atoms with Gasteiger partial charge in [0.25, 0.3) is 0 Å². The van der Waals surface area contributed by atoms with Gasteiger partial charge in [-0.2, -0.15) is 13.2 Å². The molecule has 1 N–H and O–H groups in total. The molecule has 108 valence electrons. The first-order valence-corrected chi connectivity index (χ1v) is 5.99.